The zero-order valence-electron chi connectivity index (χ0n) is 32.3. The van der Waals surface area contributed by atoms with E-state index in [-0.39, 0.29) is 54.7 Å². The highest BCUT2D eigenvalue weighted by atomic mass is 31.2. The number of amides is 2. The number of halogens is 3. The molecule has 23 heteroatoms. The number of carbonyl (C=O) groups is 4. The molecule has 5 rings (SSSR count). The van der Waals surface area contributed by atoms with Crippen molar-refractivity contribution in [3.8, 4) is 5.75 Å². The number of aromatic nitrogens is 4. The second-order valence-corrected chi connectivity index (χ2v) is 14.4. The molecule has 0 radical (unpaired) electrons. The van der Waals surface area contributed by atoms with Gasteiger partial charge in [0, 0.05) is 23.4 Å². The molecule has 0 bridgehead atoms. The van der Waals surface area contributed by atoms with E-state index < -0.39 is 79.1 Å². The summed E-state index contributed by atoms with van der Waals surface area (Å²) in [5.74, 6) is -5.32. The molecule has 61 heavy (non-hydrogen) atoms. The summed E-state index contributed by atoms with van der Waals surface area (Å²) in [6.45, 7) is 3.35. The van der Waals surface area contributed by atoms with E-state index in [0.29, 0.717) is 29.1 Å². The highest BCUT2D eigenvalue weighted by Crippen LogP contribution is 2.50. The van der Waals surface area contributed by atoms with Crippen LogP contribution < -0.4 is 32.0 Å². The average Bonchev–Trinajstić information content (AvgIpc) is 3.21. The van der Waals surface area contributed by atoms with Gasteiger partial charge in [-0.2, -0.15) is 18.2 Å². The molecular formula is C38H38F3N8O11P. The van der Waals surface area contributed by atoms with Crippen molar-refractivity contribution in [2.45, 2.75) is 52.1 Å². The Bertz CT molecular complexity index is 2500. The summed E-state index contributed by atoms with van der Waals surface area (Å²) >= 11 is 0. The maximum atomic E-state index is 13.6. The Morgan fingerprint density at radius 3 is 2.23 bits per heavy atom. The number of alkyl halides is 3. The van der Waals surface area contributed by atoms with Gasteiger partial charge in [0.2, 0.25) is 5.95 Å². The molecule has 1 atom stereocenters. The van der Waals surface area contributed by atoms with Crippen LogP contribution in [0.1, 0.15) is 64.2 Å². The molecule has 0 aliphatic rings. The number of fused-ring (bicyclic) bond motifs is 1. The lowest BCUT2D eigenvalue weighted by Gasteiger charge is -2.17. The molecule has 322 valence electrons. The number of rotatable bonds is 19. The van der Waals surface area contributed by atoms with Crippen LogP contribution in [0.4, 0.5) is 30.5 Å². The fraction of sp³-hybridized carbons (Fsp3) is 0.263. The third-order valence-corrected chi connectivity index (χ3v) is 9.89. The lowest BCUT2D eigenvalue weighted by Crippen LogP contribution is -2.41. The lowest BCUT2D eigenvalue weighted by atomic mass is 10.1. The third-order valence-electron chi connectivity index (χ3n) is 8.30. The van der Waals surface area contributed by atoms with Crippen LogP contribution in [-0.2, 0) is 47.1 Å². The summed E-state index contributed by atoms with van der Waals surface area (Å²) in [5.41, 5.74) is 5.01. The van der Waals surface area contributed by atoms with Crippen LogP contribution in [0.2, 0.25) is 0 Å². The molecular weight excluding hydrogens is 832 g/mol. The van der Waals surface area contributed by atoms with Crippen LogP contribution in [0.25, 0.3) is 11.2 Å². The molecule has 0 fully saturated rings. The molecule has 7 N–H and O–H groups in total. The van der Waals surface area contributed by atoms with Crippen molar-refractivity contribution in [2.75, 3.05) is 29.6 Å². The number of benzene rings is 3. The minimum atomic E-state index is -4.88. The van der Waals surface area contributed by atoms with E-state index in [0.717, 1.165) is 6.07 Å². The average molecular weight is 871 g/mol. The van der Waals surface area contributed by atoms with Gasteiger partial charge in [-0.15, -0.1) is 0 Å². The predicted octanol–water partition coefficient (Wildman–Crippen LogP) is 5.45. The number of carbonyl (C=O) groups excluding carboxylic acids is 3. The summed E-state index contributed by atoms with van der Waals surface area (Å²) in [7, 11) is -3.80. The number of aromatic amines is 1. The minimum absolute atomic E-state index is 0.00935. The van der Waals surface area contributed by atoms with Gasteiger partial charge < -0.3 is 31.5 Å². The Kier molecular flexibility index (Phi) is 14.9. The fourth-order valence-corrected chi connectivity index (χ4v) is 6.52. The number of nitrogens with zero attached hydrogens (tertiary/aromatic N) is 3. The largest absolute Gasteiger partial charge is 0.480 e. The number of esters is 1. The first-order chi connectivity index (χ1) is 29.0. The Morgan fingerprint density at radius 1 is 0.918 bits per heavy atom. The van der Waals surface area contributed by atoms with E-state index in [1.54, 1.807) is 13.8 Å². The Hall–Kier alpha value is -6.74. The van der Waals surface area contributed by atoms with Gasteiger partial charge in [-0.05, 0) is 80.4 Å². The monoisotopic (exact) mass is 870 g/mol. The number of aliphatic carboxylic acids is 1. The normalized spacial score (nSPS) is 12.1. The topological polar surface area (TPSA) is 276 Å². The molecule has 19 nitrogen and oxygen atoms in total. The van der Waals surface area contributed by atoms with Crippen molar-refractivity contribution in [3.63, 3.8) is 0 Å². The number of H-pyrrole nitrogens is 1. The number of anilines is 3. The third kappa shape index (κ3) is 12.6. The van der Waals surface area contributed by atoms with Gasteiger partial charge in [-0.3, -0.25) is 37.7 Å². The second-order valence-electron chi connectivity index (χ2n) is 12.7. The van der Waals surface area contributed by atoms with Crippen molar-refractivity contribution in [1.29, 1.82) is 0 Å². The second kappa shape index (κ2) is 20.0. The number of nitrogens with one attached hydrogen (secondary N) is 4. The lowest BCUT2D eigenvalue weighted by molar-refractivity contribution is -0.141. The van der Waals surface area contributed by atoms with Crippen molar-refractivity contribution < 1.29 is 60.3 Å². The van der Waals surface area contributed by atoms with E-state index in [1.807, 2.05) is 0 Å². The molecule has 0 saturated carbocycles. The number of ether oxygens (including phenoxy) is 1. The van der Waals surface area contributed by atoms with E-state index in [2.05, 4.69) is 35.9 Å². The summed E-state index contributed by atoms with van der Waals surface area (Å²) < 4.78 is 74.1. The highest BCUT2D eigenvalue weighted by molar-refractivity contribution is 7.48. The molecule has 0 aliphatic heterocycles. The van der Waals surface area contributed by atoms with Crippen LogP contribution in [0, 0.1) is 0 Å². The maximum Gasteiger partial charge on any atom is 0.475 e. The molecule has 0 unspecified atom stereocenters. The Morgan fingerprint density at radius 2 is 1.59 bits per heavy atom. The zero-order valence-corrected chi connectivity index (χ0v) is 33.2. The Labute approximate surface area is 343 Å². The molecule has 2 aromatic heterocycles. The summed E-state index contributed by atoms with van der Waals surface area (Å²) in [4.78, 5) is 77.8. The number of phosphoric ester groups is 1. The van der Waals surface area contributed by atoms with E-state index in [1.165, 1.54) is 54.7 Å². The highest BCUT2D eigenvalue weighted by Gasteiger charge is 2.33. The molecule has 3 aromatic carbocycles. The predicted molar refractivity (Wildman–Crippen MR) is 211 cm³/mol. The van der Waals surface area contributed by atoms with Crippen LogP contribution in [-0.4, -0.2) is 68.1 Å². The van der Waals surface area contributed by atoms with Gasteiger partial charge >= 0.3 is 25.9 Å². The summed E-state index contributed by atoms with van der Waals surface area (Å²) in [5, 5.41) is 17.6. The summed E-state index contributed by atoms with van der Waals surface area (Å²) in [6, 6.07) is 12.0. The first kappa shape index (κ1) is 45.3. The number of nitrogens with two attached hydrogens (primary N) is 1. The SMILES string of the molecule is CCOP(=O)(OCC)OCc1ccc(NC(=O)c2ccc(C(F)(F)F)cc2OC(=O)CC[C@H](NC(=O)c2ccc(NCc3cnc4nc(N)[nH]c(=O)c4n3)cc2)C(=O)O)cc1. The molecule has 2 amide bonds. The number of phosphoric acid groups is 1. The van der Waals surface area contributed by atoms with Gasteiger partial charge in [0.1, 0.15) is 11.8 Å². The molecule has 0 spiro atoms. The van der Waals surface area contributed by atoms with Crippen molar-refractivity contribution in [2.24, 2.45) is 0 Å². The molecule has 0 saturated heterocycles. The van der Waals surface area contributed by atoms with Crippen LogP contribution in [0.3, 0.4) is 0 Å². The van der Waals surface area contributed by atoms with Crippen LogP contribution >= 0.6 is 7.82 Å². The standard InChI is InChI=1S/C38H38F3N8O11P/c1-3-57-61(56,58-4-2)59-20-21-5-10-25(11-6-21)46-34(52)27-14-9-23(38(39,40)41)17-29(27)60-30(50)16-15-28(36(54)55)47-33(51)22-7-12-24(13-8-22)43-18-26-19-44-32-31(45-26)35(53)49-37(42)48-32/h5-14,17,19,28,43H,3-4,15-16,18,20H2,1-2H3,(H,46,52)(H,47,51)(H,54,55)(H3,42,44,48,49,53)/t28-/m0/s1. The van der Waals surface area contributed by atoms with Gasteiger partial charge in [-0.1, -0.05) is 12.1 Å². The van der Waals surface area contributed by atoms with Crippen LogP contribution in [0.5, 0.6) is 5.75 Å². The molecule has 5 aromatic rings. The van der Waals surface area contributed by atoms with Crippen molar-refractivity contribution >= 4 is 60.1 Å². The van der Waals surface area contributed by atoms with Gasteiger partial charge in [0.25, 0.3) is 17.4 Å². The smallest absolute Gasteiger partial charge is 0.475 e. The summed E-state index contributed by atoms with van der Waals surface area (Å²) in [6.07, 6.45) is -4.69. The van der Waals surface area contributed by atoms with Crippen LogP contribution in [0.15, 0.2) is 77.7 Å². The zero-order chi connectivity index (χ0) is 44.3. The number of hydrogen-bond donors (Lipinski definition) is 6. The van der Waals surface area contributed by atoms with Crippen molar-refractivity contribution in [1.82, 2.24) is 25.3 Å². The number of carboxylic acid groups (broad SMARTS) is 1. The quantitative estimate of drug-likeness (QED) is 0.0342. The van der Waals surface area contributed by atoms with E-state index in [9.17, 15) is 46.8 Å². The molecule has 2 heterocycles. The number of hydrogen-bond acceptors (Lipinski definition) is 15. The van der Waals surface area contributed by atoms with Gasteiger partial charge in [0.05, 0.1) is 49.4 Å². The fourth-order valence-electron chi connectivity index (χ4n) is 5.36. The van der Waals surface area contributed by atoms with E-state index in [4.69, 9.17) is 24.0 Å². The van der Waals surface area contributed by atoms with Crippen molar-refractivity contribution in [3.05, 3.63) is 111 Å². The van der Waals surface area contributed by atoms with Gasteiger partial charge in [0.15, 0.2) is 11.2 Å². The van der Waals surface area contributed by atoms with Gasteiger partial charge in [-0.25, -0.2) is 19.3 Å². The first-order valence-electron chi connectivity index (χ1n) is 18.2. The minimum Gasteiger partial charge on any atom is -0.480 e. The molecule has 0 aliphatic carbocycles. The maximum absolute atomic E-state index is 13.6. The Balaban J connectivity index is 1.18. The van der Waals surface area contributed by atoms with E-state index >= 15 is 0 Å². The number of nitrogen functional groups attached to an aromatic ring is 1. The number of carboxylic acids is 1. The first-order valence-corrected chi connectivity index (χ1v) is 19.7.